The maximum atomic E-state index is 13.6. The van der Waals surface area contributed by atoms with Gasteiger partial charge in [0.1, 0.15) is 0 Å². The summed E-state index contributed by atoms with van der Waals surface area (Å²) in [6, 6.07) is 30.8. The molecule has 6 rings (SSSR count). The molecule has 3 N–H and O–H groups in total. The molecule has 0 radical (unpaired) electrons. The summed E-state index contributed by atoms with van der Waals surface area (Å²) in [5, 5.41) is 0.960. The van der Waals surface area contributed by atoms with Gasteiger partial charge < -0.3 is 10.7 Å². The average Bonchev–Trinajstić information content (AvgIpc) is 3.42. The molecule has 1 amide bonds. The minimum absolute atomic E-state index is 0.160. The number of hydrogen-bond donors (Lipinski definition) is 2. The van der Waals surface area contributed by atoms with Crippen LogP contribution < -0.4 is 5.73 Å². The highest BCUT2D eigenvalue weighted by molar-refractivity contribution is 7.89. The van der Waals surface area contributed by atoms with Gasteiger partial charge in [-0.15, -0.1) is 0 Å². The van der Waals surface area contributed by atoms with E-state index in [4.69, 9.17) is 5.73 Å². The van der Waals surface area contributed by atoms with Crippen molar-refractivity contribution in [2.75, 3.05) is 13.1 Å². The molecule has 0 aliphatic carbocycles. The zero-order chi connectivity index (χ0) is 27.0. The van der Waals surface area contributed by atoms with Gasteiger partial charge in [-0.05, 0) is 70.8 Å². The lowest BCUT2D eigenvalue weighted by Crippen LogP contribution is -2.37. The highest BCUT2D eigenvalue weighted by atomic mass is 32.2. The zero-order valence-corrected chi connectivity index (χ0v) is 22.2. The number of nitrogens with one attached hydrogen (secondary N) is 1. The molecule has 1 aliphatic heterocycles. The molecule has 0 saturated carbocycles. The molecule has 2 heterocycles. The van der Waals surface area contributed by atoms with E-state index < -0.39 is 15.9 Å². The quantitative estimate of drug-likeness (QED) is 0.272. The summed E-state index contributed by atoms with van der Waals surface area (Å²) in [6.07, 6.45) is 3.32. The number of benzene rings is 4. The fraction of sp³-hybridized carbons (Fsp3) is 0.156. The summed E-state index contributed by atoms with van der Waals surface area (Å²) in [6.45, 7) is 0.854. The van der Waals surface area contributed by atoms with Gasteiger partial charge >= 0.3 is 0 Å². The smallest absolute Gasteiger partial charge is 0.250 e. The number of aromatic amines is 1. The van der Waals surface area contributed by atoms with Gasteiger partial charge in [-0.2, -0.15) is 4.31 Å². The van der Waals surface area contributed by atoms with Crippen molar-refractivity contribution in [3.63, 3.8) is 0 Å². The largest absolute Gasteiger partial charge is 0.366 e. The molecule has 39 heavy (non-hydrogen) atoms. The Bertz CT molecular complexity index is 1760. The van der Waals surface area contributed by atoms with E-state index in [2.05, 4.69) is 11.1 Å². The van der Waals surface area contributed by atoms with Crippen molar-refractivity contribution < 1.29 is 13.2 Å². The number of nitrogens with zero attached hydrogens (tertiary/aromatic N) is 1. The van der Waals surface area contributed by atoms with Gasteiger partial charge in [-0.25, -0.2) is 8.42 Å². The Labute approximate surface area is 228 Å². The third-order valence-corrected chi connectivity index (χ3v) is 9.56. The molecule has 0 atom stereocenters. The molecule has 196 valence electrons. The van der Waals surface area contributed by atoms with Gasteiger partial charge in [0, 0.05) is 24.7 Å². The van der Waals surface area contributed by atoms with Crippen LogP contribution in [0.4, 0.5) is 0 Å². The Morgan fingerprint density at radius 2 is 1.38 bits per heavy atom. The first-order valence-electron chi connectivity index (χ1n) is 13.1. The van der Waals surface area contributed by atoms with Crippen molar-refractivity contribution in [1.29, 1.82) is 0 Å². The molecule has 1 aliphatic rings. The summed E-state index contributed by atoms with van der Waals surface area (Å²) >= 11 is 0. The Morgan fingerprint density at radius 3 is 2.03 bits per heavy atom. The molecule has 1 saturated heterocycles. The van der Waals surface area contributed by atoms with Crippen LogP contribution in [0, 0.1) is 0 Å². The van der Waals surface area contributed by atoms with E-state index in [1.54, 1.807) is 22.5 Å². The SMILES string of the molecule is NC(=O)c1cc(-c2ccccc2)cc2c(C3CCN(S(=O)(=O)c4cccc(-c5ccccc5)c4)CC3)c[nH]c12. The zero-order valence-electron chi connectivity index (χ0n) is 21.4. The molecular weight excluding hydrogens is 506 g/mol. The van der Waals surface area contributed by atoms with Crippen LogP contribution in [0.25, 0.3) is 33.2 Å². The molecule has 0 bridgehead atoms. The summed E-state index contributed by atoms with van der Waals surface area (Å²) in [5.41, 5.74) is 11.8. The van der Waals surface area contributed by atoms with Gasteiger partial charge in [-0.3, -0.25) is 4.79 Å². The van der Waals surface area contributed by atoms with Crippen LogP contribution in [0.1, 0.15) is 34.7 Å². The van der Waals surface area contributed by atoms with Crippen molar-refractivity contribution in [1.82, 2.24) is 9.29 Å². The first kappa shape index (κ1) is 25.1. The Morgan fingerprint density at radius 1 is 0.769 bits per heavy atom. The second kappa shape index (κ2) is 10.2. The van der Waals surface area contributed by atoms with E-state index in [0.717, 1.165) is 38.7 Å². The Kier molecular flexibility index (Phi) is 6.54. The fourth-order valence-electron chi connectivity index (χ4n) is 5.61. The molecular formula is C32H29N3O3S. The van der Waals surface area contributed by atoms with Crippen LogP contribution in [-0.2, 0) is 10.0 Å². The topological polar surface area (TPSA) is 96.3 Å². The van der Waals surface area contributed by atoms with Crippen LogP contribution in [0.3, 0.4) is 0 Å². The lowest BCUT2D eigenvalue weighted by atomic mass is 9.88. The number of hydrogen-bond acceptors (Lipinski definition) is 3. The van der Waals surface area contributed by atoms with E-state index in [1.807, 2.05) is 79.0 Å². The van der Waals surface area contributed by atoms with E-state index in [-0.39, 0.29) is 5.92 Å². The van der Waals surface area contributed by atoms with Crippen molar-refractivity contribution in [3.8, 4) is 22.3 Å². The molecule has 0 unspecified atom stereocenters. The summed E-state index contributed by atoms with van der Waals surface area (Å²) in [7, 11) is -3.62. The molecule has 4 aromatic carbocycles. The fourth-order valence-corrected chi connectivity index (χ4v) is 7.12. The van der Waals surface area contributed by atoms with Gasteiger partial charge in [0.2, 0.25) is 10.0 Å². The number of carbonyl (C=O) groups is 1. The average molecular weight is 536 g/mol. The van der Waals surface area contributed by atoms with Crippen LogP contribution in [-0.4, -0.2) is 36.7 Å². The van der Waals surface area contributed by atoms with E-state index in [1.165, 1.54) is 0 Å². The number of sulfonamides is 1. The standard InChI is InChI=1S/C32H29N3O3S/c33-32(36)29-20-26(23-10-5-2-6-11-23)19-28-30(21-34-31(28)29)24-14-16-35(17-15-24)39(37,38)27-13-7-12-25(18-27)22-8-3-1-4-9-22/h1-13,18-21,24,34H,14-17H2,(H2,33,36). The van der Waals surface area contributed by atoms with E-state index >= 15 is 0 Å². The maximum Gasteiger partial charge on any atom is 0.250 e. The molecule has 6 nitrogen and oxygen atoms in total. The number of primary amides is 1. The van der Waals surface area contributed by atoms with Gasteiger partial charge in [0.15, 0.2) is 0 Å². The first-order valence-corrected chi connectivity index (χ1v) is 14.5. The molecule has 1 aromatic heterocycles. The van der Waals surface area contributed by atoms with Crippen LogP contribution >= 0.6 is 0 Å². The number of aromatic nitrogens is 1. The highest BCUT2D eigenvalue weighted by Gasteiger charge is 2.31. The third kappa shape index (κ3) is 4.75. The van der Waals surface area contributed by atoms with Crippen molar-refractivity contribution >= 4 is 26.8 Å². The van der Waals surface area contributed by atoms with E-state index in [9.17, 15) is 13.2 Å². The molecule has 7 heteroatoms. The van der Waals surface area contributed by atoms with E-state index in [0.29, 0.717) is 36.4 Å². The van der Waals surface area contributed by atoms with Crippen molar-refractivity contribution in [2.24, 2.45) is 5.73 Å². The monoisotopic (exact) mass is 535 g/mol. The molecule has 1 fully saturated rings. The minimum Gasteiger partial charge on any atom is -0.366 e. The third-order valence-electron chi connectivity index (χ3n) is 7.67. The number of amides is 1. The summed E-state index contributed by atoms with van der Waals surface area (Å²) in [4.78, 5) is 15.9. The Balaban J connectivity index is 1.27. The maximum absolute atomic E-state index is 13.6. The number of nitrogens with two attached hydrogens (primary N) is 1. The van der Waals surface area contributed by atoms with Crippen LogP contribution in [0.5, 0.6) is 0 Å². The van der Waals surface area contributed by atoms with Crippen molar-refractivity contribution in [3.05, 3.63) is 114 Å². The first-order chi connectivity index (χ1) is 18.9. The van der Waals surface area contributed by atoms with Gasteiger partial charge in [0.05, 0.1) is 16.0 Å². The summed E-state index contributed by atoms with van der Waals surface area (Å²) in [5.74, 6) is -0.322. The number of carbonyl (C=O) groups excluding carboxylic acids is 1. The van der Waals surface area contributed by atoms with Crippen molar-refractivity contribution in [2.45, 2.75) is 23.7 Å². The van der Waals surface area contributed by atoms with Crippen LogP contribution in [0.2, 0.25) is 0 Å². The van der Waals surface area contributed by atoms with Gasteiger partial charge in [-0.1, -0.05) is 72.8 Å². The predicted octanol–water partition coefficient (Wildman–Crippen LogP) is 6.17. The number of H-pyrrole nitrogens is 1. The number of fused-ring (bicyclic) bond motifs is 1. The van der Waals surface area contributed by atoms with Crippen LogP contribution in [0.15, 0.2) is 108 Å². The highest BCUT2D eigenvalue weighted by Crippen LogP contribution is 2.38. The number of piperidine rings is 1. The Hall–Kier alpha value is -4.20. The summed E-state index contributed by atoms with van der Waals surface area (Å²) < 4.78 is 28.7. The molecule has 5 aromatic rings. The molecule has 0 spiro atoms. The lowest BCUT2D eigenvalue weighted by molar-refractivity contribution is 0.100. The normalized spacial score (nSPS) is 15.0. The second-order valence-electron chi connectivity index (χ2n) is 9.99. The second-order valence-corrected chi connectivity index (χ2v) is 11.9. The van der Waals surface area contributed by atoms with Gasteiger partial charge in [0.25, 0.3) is 5.91 Å². The number of rotatable bonds is 6. The minimum atomic E-state index is -3.62. The predicted molar refractivity (Wildman–Crippen MR) is 155 cm³/mol. The lowest BCUT2D eigenvalue weighted by Gasteiger charge is -2.31.